The van der Waals surface area contributed by atoms with Crippen molar-refractivity contribution < 1.29 is 32.7 Å². The molecule has 0 aromatic heterocycles. The van der Waals surface area contributed by atoms with E-state index in [1.165, 1.54) is 0 Å². The number of aryl methyl sites for hydroxylation is 1. The second-order valence-corrected chi connectivity index (χ2v) is 1.81. The Morgan fingerprint density at radius 1 is 1.27 bits per heavy atom. The summed E-state index contributed by atoms with van der Waals surface area (Å²) in [7, 11) is 0. The summed E-state index contributed by atoms with van der Waals surface area (Å²) >= 11 is 0. The summed E-state index contributed by atoms with van der Waals surface area (Å²) < 4.78 is 0. The Balaban J connectivity index is 0. The van der Waals surface area contributed by atoms with Gasteiger partial charge in [0.25, 0.3) is 0 Å². The Labute approximate surface area is 94.3 Å². The van der Waals surface area contributed by atoms with Crippen LogP contribution in [-0.4, -0.2) is 0 Å². The fraction of sp³-hybridized carbons (Fsp3) is 0.333. The Bertz CT molecular complexity index is 148. The summed E-state index contributed by atoms with van der Waals surface area (Å²) in [5.41, 5.74) is 7.29. The summed E-state index contributed by atoms with van der Waals surface area (Å²) in [5.74, 6) is 0. The van der Waals surface area contributed by atoms with Crippen LogP contribution in [0.25, 0.3) is 0 Å². The van der Waals surface area contributed by atoms with Gasteiger partial charge in [0.15, 0.2) is 0 Å². The summed E-state index contributed by atoms with van der Waals surface area (Å²) in [6.07, 6.45) is 0. The molecule has 11 heavy (non-hydrogen) atoms. The van der Waals surface area contributed by atoms with Crippen LogP contribution in [0.5, 0.6) is 0 Å². The molecule has 0 bridgehead atoms. The molecule has 0 heterocycles. The first-order valence-corrected chi connectivity index (χ1v) is 3.53. The summed E-state index contributed by atoms with van der Waals surface area (Å²) in [4.78, 5) is 0. The number of benzene rings is 1. The normalized spacial score (nSPS) is 7.18. The predicted molar refractivity (Wildman–Crippen MR) is 45.8 cm³/mol. The topological polar surface area (TPSA) is 26.0 Å². The molecule has 0 fully saturated rings. The molecule has 0 saturated heterocycles. The molecule has 0 aliphatic rings. The molecule has 1 aromatic rings. The van der Waals surface area contributed by atoms with Crippen molar-refractivity contribution in [2.24, 2.45) is 0 Å². The van der Waals surface area contributed by atoms with Gasteiger partial charge in [-0.2, -0.15) is 29.8 Å². The van der Waals surface area contributed by atoms with Crippen LogP contribution in [0.1, 0.15) is 19.4 Å². The van der Waals surface area contributed by atoms with Gasteiger partial charge in [0, 0.05) is 32.7 Å². The van der Waals surface area contributed by atoms with E-state index in [2.05, 4.69) is 6.07 Å². The van der Waals surface area contributed by atoms with Gasteiger partial charge in [-0.15, -0.1) is 0 Å². The van der Waals surface area contributed by atoms with Crippen molar-refractivity contribution in [2.75, 3.05) is 5.73 Å². The minimum atomic E-state index is 0. The Hall–Kier alpha value is 0.124. The molecule has 0 saturated carbocycles. The minimum Gasteiger partial charge on any atom is -0.449 e. The fourth-order valence-electron chi connectivity index (χ4n) is 0.515. The maximum Gasteiger partial charge on any atom is 0 e. The zero-order chi connectivity index (χ0) is 7.98. The first-order valence-electron chi connectivity index (χ1n) is 3.53. The SMILES string of the molecule is CC.Cc1[c-]cc(N)cc1.[Y]. The molecule has 1 aromatic carbocycles. The van der Waals surface area contributed by atoms with Gasteiger partial charge in [-0.05, 0) is 0 Å². The molecular weight excluding hydrogens is 211 g/mol. The van der Waals surface area contributed by atoms with Gasteiger partial charge in [-0.3, -0.25) is 0 Å². The van der Waals surface area contributed by atoms with Crippen LogP contribution < -0.4 is 5.73 Å². The number of hydrogen-bond donors (Lipinski definition) is 1. The molecule has 1 rings (SSSR count). The van der Waals surface area contributed by atoms with Gasteiger partial charge in [-0.1, -0.05) is 26.5 Å². The number of rotatable bonds is 0. The first kappa shape index (κ1) is 13.7. The molecule has 0 amide bonds. The molecule has 0 spiro atoms. The largest absolute Gasteiger partial charge is 0.449 e. The van der Waals surface area contributed by atoms with Gasteiger partial charge in [0.2, 0.25) is 0 Å². The third-order valence-corrected chi connectivity index (χ3v) is 0.992. The molecule has 0 aliphatic heterocycles. The van der Waals surface area contributed by atoms with Crippen molar-refractivity contribution in [1.29, 1.82) is 0 Å². The van der Waals surface area contributed by atoms with Crippen molar-refractivity contribution in [1.82, 2.24) is 0 Å². The van der Waals surface area contributed by atoms with Crippen LogP contribution in [0.2, 0.25) is 0 Å². The van der Waals surface area contributed by atoms with E-state index in [0.29, 0.717) is 0 Å². The molecule has 1 nitrogen and oxygen atoms in total. The number of nitrogen functional groups attached to an aromatic ring is 1. The van der Waals surface area contributed by atoms with E-state index < -0.39 is 0 Å². The summed E-state index contributed by atoms with van der Waals surface area (Å²) in [5, 5.41) is 0. The Morgan fingerprint density at radius 2 is 1.82 bits per heavy atom. The molecule has 59 valence electrons. The number of anilines is 1. The van der Waals surface area contributed by atoms with Crippen LogP contribution in [0.3, 0.4) is 0 Å². The average molecular weight is 225 g/mol. The second-order valence-electron chi connectivity index (χ2n) is 1.81. The third kappa shape index (κ3) is 6.52. The third-order valence-electron chi connectivity index (χ3n) is 0.992. The van der Waals surface area contributed by atoms with E-state index >= 15 is 0 Å². The van der Waals surface area contributed by atoms with Gasteiger partial charge < -0.3 is 5.73 Å². The van der Waals surface area contributed by atoms with Crippen molar-refractivity contribution >= 4 is 5.69 Å². The van der Waals surface area contributed by atoms with Crippen LogP contribution in [-0.2, 0) is 32.7 Å². The standard InChI is InChI=1S/C7H8N.C2H6.Y/c1-6-2-4-7(8)5-3-6;1-2;/h2,4-5H,8H2,1H3;1-2H3;/q-1;;. The second kappa shape index (κ2) is 8.22. The Kier molecular flexibility index (Phi) is 10.2. The van der Waals surface area contributed by atoms with Crippen LogP contribution in [0.4, 0.5) is 5.69 Å². The number of nitrogens with two attached hydrogens (primary N) is 1. The summed E-state index contributed by atoms with van der Waals surface area (Å²) in [6.45, 7) is 5.99. The van der Waals surface area contributed by atoms with Gasteiger partial charge in [0.05, 0.1) is 0 Å². The van der Waals surface area contributed by atoms with E-state index in [9.17, 15) is 0 Å². The van der Waals surface area contributed by atoms with Crippen molar-refractivity contribution in [3.05, 3.63) is 29.8 Å². The molecule has 0 atom stereocenters. The van der Waals surface area contributed by atoms with Crippen molar-refractivity contribution in [2.45, 2.75) is 20.8 Å². The van der Waals surface area contributed by atoms with E-state index in [4.69, 9.17) is 5.73 Å². The molecule has 0 unspecified atom stereocenters. The average Bonchev–Trinajstić information content (AvgIpc) is 2.00. The van der Waals surface area contributed by atoms with Crippen LogP contribution >= 0.6 is 0 Å². The first-order chi connectivity index (χ1) is 4.79. The van der Waals surface area contributed by atoms with Gasteiger partial charge in [-0.25, -0.2) is 0 Å². The summed E-state index contributed by atoms with van der Waals surface area (Å²) in [6, 6.07) is 8.55. The van der Waals surface area contributed by atoms with Crippen LogP contribution in [0.15, 0.2) is 18.2 Å². The number of hydrogen-bond acceptors (Lipinski definition) is 1. The van der Waals surface area contributed by atoms with E-state index in [0.717, 1.165) is 11.3 Å². The Morgan fingerprint density at radius 3 is 2.09 bits per heavy atom. The predicted octanol–water partition coefficient (Wildman–Crippen LogP) is 2.40. The zero-order valence-electron chi connectivity index (χ0n) is 7.39. The fourth-order valence-corrected chi connectivity index (χ4v) is 0.515. The van der Waals surface area contributed by atoms with Crippen molar-refractivity contribution in [3.8, 4) is 0 Å². The van der Waals surface area contributed by atoms with Gasteiger partial charge in [0.1, 0.15) is 0 Å². The van der Waals surface area contributed by atoms with E-state index in [-0.39, 0.29) is 32.7 Å². The monoisotopic (exact) mass is 225 g/mol. The zero-order valence-corrected chi connectivity index (χ0v) is 10.2. The maximum atomic E-state index is 5.40. The molecule has 2 heteroatoms. The molecule has 1 radical (unpaired) electrons. The maximum absolute atomic E-state index is 5.40. The van der Waals surface area contributed by atoms with E-state index in [1.54, 1.807) is 6.07 Å². The van der Waals surface area contributed by atoms with E-state index in [1.807, 2.05) is 32.9 Å². The molecular formula is C9H14NY-. The van der Waals surface area contributed by atoms with Crippen molar-refractivity contribution in [3.63, 3.8) is 0 Å². The molecule has 2 N–H and O–H groups in total. The smallest absolute Gasteiger partial charge is 0 e. The quantitative estimate of drug-likeness (QED) is 0.532. The minimum absolute atomic E-state index is 0. The molecule has 0 aliphatic carbocycles. The van der Waals surface area contributed by atoms with Gasteiger partial charge >= 0.3 is 0 Å². The van der Waals surface area contributed by atoms with Crippen LogP contribution in [0, 0.1) is 13.0 Å².